The Bertz CT molecular complexity index is 866. The van der Waals surface area contributed by atoms with E-state index in [1.54, 1.807) is 36.9 Å². The minimum absolute atomic E-state index is 0.0284. The summed E-state index contributed by atoms with van der Waals surface area (Å²) in [5.41, 5.74) is 13.3. The fourth-order valence-electron chi connectivity index (χ4n) is 2.40. The van der Waals surface area contributed by atoms with Gasteiger partial charge in [0.1, 0.15) is 0 Å². The van der Waals surface area contributed by atoms with Crippen molar-refractivity contribution in [3.63, 3.8) is 0 Å². The Labute approximate surface area is 149 Å². The Hall–Kier alpha value is -3.94. The van der Waals surface area contributed by atoms with Crippen molar-refractivity contribution in [3.8, 4) is 0 Å². The molecule has 8 heteroatoms. The van der Waals surface area contributed by atoms with Crippen LogP contribution in [0.1, 0.15) is 20.7 Å². The van der Waals surface area contributed by atoms with Gasteiger partial charge in [-0.25, -0.2) is 0 Å². The molecule has 0 aliphatic rings. The Morgan fingerprint density at radius 3 is 1.50 bits per heavy atom. The summed E-state index contributed by atoms with van der Waals surface area (Å²) >= 11 is 0. The van der Waals surface area contributed by atoms with Crippen molar-refractivity contribution in [2.24, 2.45) is 11.5 Å². The highest BCUT2D eigenvalue weighted by atomic mass is 16.2. The van der Waals surface area contributed by atoms with Gasteiger partial charge in [0, 0.05) is 12.4 Å². The van der Waals surface area contributed by atoms with Crippen molar-refractivity contribution >= 4 is 34.6 Å². The van der Waals surface area contributed by atoms with E-state index in [2.05, 4.69) is 20.6 Å². The van der Waals surface area contributed by atoms with Crippen molar-refractivity contribution in [1.82, 2.24) is 9.97 Å². The van der Waals surface area contributed by atoms with Crippen LogP contribution in [-0.2, 0) is 0 Å². The lowest BCUT2D eigenvalue weighted by atomic mass is 10.0. The zero-order chi connectivity index (χ0) is 18.5. The summed E-state index contributed by atoms with van der Waals surface area (Å²) in [6, 6.07) is 10.1. The van der Waals surface area contributed by atoms with Crippen molar-refractivity contribution in [2.75, 3.05) is 10.6 Å². The monoisotopic (exact) mass is 348 g/mol. The first-order valence-corrected chi connectivity index (χ1v) is 7.66. The number of aromatic nitrogens is 2. The molecule has 0 unspecified atom stereocenters. The summed E-state index contributed by atoms with van der Waals surface area (Å²) in [5.74, 6) is -1.50. The van der Waals surface area contributed by atoms with E-state index in [0.29, 0.717) is 22.7 Å². The fourth-order valence-corrected chi connectivity index (χ4v) is 2.40. The second-order valence-electron chi connectivity index (χ2n) is 5.41. The molecular weight excluding hydrogens is 332 g/mol. The fraction of sp³-hybridized carbons (Fsp3) is 0. The number of anilines is 4. The SMILES string of the molecule is NC(=O)c1cc(Nc2cccnc2)c(Nc2cccnc2)cc1C(N)=O. The number of hydrogen-bond acceptors (Lipinski definition) is 6. The van der Waals surface area contributed by atoms with E-state index in [1.165, 1.54) is 12.1 Å². The molecule has 26 heavy (non-hydrogen) atoms. The Balaban J connectivity index is 2.10. The van der Waals surface area contributed by atoms with Crippen molar-refractivity contribution in [3.05, 3.63) is 72.3 Å². The van der Waals surface area contributed by atoms with Crippen LogP contribution in [0.2, 0.25) is 0 Å². The van der Waals surface area contributed by atoms with Crippen LogP contribution in [0, 0.1) is 0 Å². The van der Waals surface area contributed by atoms with E-state index in [-0.39, 0.29) is 11.1 Å². The third-order valence-electron chi connectivity index (χ3n) is 3.57. The van der Waals surface area contributed by atoms with Gasteiger partial charge < -0.3 is 22.1 Å². The zero-order valence-corrected chi connectivity index (χ0v) is 13.6. The molecule has 130 valence electrons. The molecule has 2 amide bonds. The Morgan fingerprint density at radius 1 is 0.769 bits per heavy atom. The van der Waals surface area contributed by atoms with Gasteiger partial charge in [-0.1, -0.05) is 0 Å². The lowest BCUT2D eigenvalue weighted by Crippen LogP contribution is -2.21. The minimum atomic E-state index is -0.749. The highest BCUT2D eigenvalue weighted by molar-refractivity contribution is 6.08. The molecule has 0 fully saturated rings. The number of rotatable bonds is 6. The van der Waals surface area contributed by atoms with Gasteiger partial charge in [0.05, 0.1) is 46.3 Å². The van der Waals surface area contributed by atoms with Crippen LogP contribution in [0.5, 0.6) is 0 Å². The molecule has 1 aromatic carbocycles. The Morgan fingerprint density at radius 2 is 1.19 bits per heavy atom. The molecule has 0 radical (unpaired) electrons. The number of hydrogen-bond donors (Lipinski definition) is 4. The average Bonchev–Trinajstić information content (AvgIpc) is 2.64. The number of nitrogens with one attached hydrogen (secondary N) is 2. The Kier molecular flexibility index (Phi) is 4.75. The molecule has 3 rings (SSSR count). The van der Waals surface area contributed by atoms with Gasteiger partial charge in [-0.15, -0.1) is 0 Å². The van der Waals surface area contributed by atoms with Crippen LogP contribution in [0.4, 0.5) is 22.7 Å². The number of nitrogens with zero attached hydrogens (tertiary/aromatic N) is 2. The first-order chi connectivity index (χ1) is 12.5. The summed E-state index contributed by atoms with van der Waals surface area (Å²) in [4.78, 5) is 31.6. The molecule has 2 aromatic heterocycles. The number of carbonyl (C=O) groups excluding carboxylic acids is 2. The van der Waals surface area contributed by atoms with Crippen molar-refractivity contribution < 1.29 is 9.59 Å². The second kappa shape index (κ2) is 7.31. The predicted molar refractivity (Wildman–Crippen MR) is 98.5 cm³/mol. The van der Waals surface area contributed by atoms with Crippen LogP contribution in [0.15, 0.2) is 61.2 Å². The van der Waals surface area contributed by atoms with Crippen molar-refractivity contribution in [1.29, 1.82) is 0 Å². The summed E-state index contributed by atoms with van der Waals surface area (Å²) in [6.07, 6.45) is 6.54. The first-order valence-electron chi connectivity index (χ1n) is 7.66. The maximum Gasteiger partial charge on any atom is 0.249 e. The van der Waals surface area contributed by atoms with Crippen LogP contribution in [-0.4, -0.2) is 21.8 Å². The number of primary amides is 2. The van der Waals surface area contributed by atoms with E-state index >= 15 is 0 Å². The topological polar surface area (TPSA) is 136 Å². The zero-order valence-electron chi connectivity index (χ0n) is 13.6. The molecule has 6 N–H and O–H groups in total. The summed E-state index contributed by atoms with van der Waals surface area (Å²) in [6.45, 7) is 0. The molecule has 0 saturated heterocycles. The minimum Gasteiger partial charge on any atom is -0.366 e. The quantitative estimate of drug-likeness (QED) is 0.539. The van der Waals surface area contributed by atoms with Gasteiger partial charge >= 0.3 is 0 Å². The van der Waals surface area contributed by atoms with Gasteiger partial charge in [-0.05, 0) is 36.4 Å². The van der Waals surface area contributed by atoms with E-state index in [1.807, 2.05) is 12.1 Å². The number of amides is 2. The second-order valence-corrected chi connectivity index (χ2v) is 5.41. The maximum absolute atomic E-state index is 11.7. The van der Waals surface area contributed by atoms with Gasteiger partial charge in [-0.3, -0.25) is 19.6 Å². The first kappa shape index (κ1) is 16.9. The number of carbonyl (C=O) groups is 2. The molecule has 0 saturated carbocycles. The van der Waals surface area contributed by atoms with Gasteiger partial charge in [0.15, 0.2) is 0 Å². The number of nitrogens with two attached hydrogens (primary N) is 2. The molecular formula is C18H16N6O2. The molecule has 0 atom stereocenters. The smallest absolute Gasteiger partial charge is 0.249 e. The third kappa shape index (κ3) is 3.75. The third-order valence-corrected chi connectivity index (χ3v) is 3.57. The van der Waals surface area contributed by atoms with E-state index in [9.17, 15) is 9.59 Å². The largest absolute Gasteiger partial charge is 0.366 e. The number of pyridine rings is 2. The molecule has 0 aliphatic heterocycles. The molecule has 0 aliphatic carbocycles. The van der Waals surface area contributed by atoms with Gasteiger partial charge in [0.2, 0.25) is 11.8 Å². The summed E-state index contributed by atoms with van der Waals surface area (Å²) in [5, 5.41) is 6.30. The van der Waals surface area contributed by atoms with Crippen LogP contribution in [0.3, 0.4) is 0 Å². The molecule has 0 bridgehead atoms. The summed E-state index contributed by atoms with van der Waals surface area (Å²) < 4.78 is 0. The highest BCUT2D eigenvalue weighted by Gasteiger charge is 2.18. The maximum atomic E-state index is 11.7. The average molecular weight is 348 g/mol. The molecule has 0 spiro atoms. The van der Waals surface area contributed by atoms with Gasteiger partial charge in [-0.2, -0.15) is 0 Å². The van der Waals surface area contributed by atoms with Crippen molar-refractivity contribution in [2.45, 2.75) is 0 Å². The van der Waals surface area contributed by atoms with E-state index < -0.39 is 11.8 Å². The van der Waals surface area contributed by atoms with Crippen LogP contribution >= 0.6 is 0 Å². The molecule has 2 heterocycles. The van der Waals surface area contributed by atoms with Gasteiger partial charge in [0.25, 0.3) is 0 Å². The van der Waals surface area contributed by atoms with E-state index in [4.69, 9.17) is 11.5 Å². The highest BCUT2D eigenvalue weighted by Crippen LogP contribution is 2.31. The molecule has 8 nitrogen and oxygen atoms in total. The predicted octanol–water partition coefficient (Wildman–Crippen LogP) is 2.16. The van der Waals surface area contributed by atoms with E-state index in [0.717, 1.165) is 0 Å². The number of benzene rings is 1. The lowest BCUT2D eigenvalue weighted by molar-refractivity contribution is 0.0967. The lowest BCUT2D eigenvalue weighted by Gasteiger charge is -2.16. The molecule has 3 aromatic rings. The van der Waals surface area contributed by atoms with Crippen LogP contribution in [0.25, 0.3) is 0 Å². The normalized spacial score (nSPS) is 10.2. The standard InChI is InChI=1S/C18H16N6O2/c19-17(25)13-7-15(23-11-3-1-5-21-9-11)16(8-14(13)18(20)26)24-12-4-2-6-22-10-12/h1-10,23-24H,(H2,19,25)(H2,20,26). The van der Waals surface area contributed by atoms with Crippen LogP contribution < -0.4 is 22.1 Å². The summed E-state index contributed by atoms with van der Waals surface area (Å²) in [7, 11) is 0.